The van der Waals surface area contributed by atoms with Crippen LogP contribution in [0.1, 0.15) is 0 Å². The number of hydrogen-bond acceptors (Lipinski definition) is 4. The second-order valence-electron chi connectivity index (χ2n) is 4.65. The van der Waals surface area contributed by atoms with Crippen LogP contribution in [-0.4, -0.2) is 24.1 Å². The summed E-state index contributed by atoms with van der Waals surface area (Å²) in [7, 11) is 0. The lowest BCUT2D eigenvalue weighted by molar-refractivity contribution is 0.914. The number of nitrogen functional groups attached to an aromatic ring is 1. The highest BCUT2D eigenvalue weighted by Crippen LogP contribution is 2.23. The van der Waals surface area contributed by atoms with Gasteiger partial charge in [0, 0.05) is 36.0 Å². The first-order valence-corrected chi connectivity index (χ1v) is 6.51. The van der Waals surface area contributed by atoms with Gasteiger partial charge in [-0.3, -0.25) is 4.57 Å². The number of nitrogens with zero attached hydrogens (tertiary/aromatic N) is 5. The van der Waals surface area contributed by atoms with E-state index in [2.05, 4.69) is 15.1 Å². The van der Waals surface area contributed by atoms with Gasteiger partial charge in [-0.2, -0.15) is 5.10 Å². The molecule has 3 aromatic heterocycles. The maximum absolute atomic E-state index is 5.74. The van der Waals surface area contributed by atoms with Crippen LogP contribution in [0.25, 0.3) is 22.7 Å². The van der Waals surface area contributed by atoms with Crippen LogP contribution in [0, 0.1) is 0 Å². The molecule has 0 unspecified atom stereocenters. The van der Waals surface area contributed by atoms with E-state index in [9.17, 15) is 0 Å². The van der Waals surface area contributed by atoms with Crippen molar-refractivity contribution in [3.05, 3.63) is 61.3 Å². The molecule has 0 atom stereocenters. The highest BCUT2D eigenvalue weighted by molar-refractivity contribution is 5.66. The topological polar surface area (TPSA) is 74.0 Å². The molecule has 0 aliphatic heterocycles. The maximum atomic E-state index is 5.74. The van der Waals surface area contributed by atoms with Crippen molar-refractivity contribution < 1.29 is 0 Å². The third kappa shape index (κ3) is 1.85. The van der Waals surface area contributed by atoms with E-state index < -0.39 is 0 Å². The van der Waals surface area contributed by atoms with Crippen molar-refractivity contribution in [2.45, 2.75) is 0 Å². The zero-order valence-electron chi connectivity index (χ0n) is 11.1. The van der Waals surface area contributed by atoms with E-state index in [0.717, 1.165) is 28.4 Å². The van der Waals surface area contributed by atoms with Crippen LogP contribution >= 0.6 is 0 Å². The molecule has 4 aromatic rings. The van der Waals surface area contributed by atoms with Gasteiger partial charge in [0.2, 0.25) is 0 Å². The lowest BCUT2D eigenvalue weighted by atomic mass is 10.2. The summed E-state index contributed by atoms with van der Waals surface area (Å²) in [5.41, 5.74) is 8.38. The molecule has 3 heterocycles. The lowest BCUT2D eigenvalue weighted by Gasteiger charge is -2.08. The molecular formula is C15H12N6. The summed E-state index contributed by atoms with van der Waals surface area (Å²) in [6.45, 7) is 0. The van der Waals surface area contributed by atoms with Gasteiger partial charge < -0.3 is 5.73 Å². The van der Waals surface area contributed by atoms with E-state index in [1.165, 1.54) is 0 Å². The summed E-state index contributed by atoms with van der Waals surface area (Å²) >= 11 is 0. The van der Waals surface area contributed by atoms with Crippen molar-refractivity contribution >= 4 is 11.2 Å². The average molecular weight is 276 g/mol. The first-order valence-electron chi connectivity index (χ1n) is 6.51. The van der Waals surface area contributed by atoms with Gasteiger partial charge in [0.1, 0.15) is 11.3 Å². The molecule has 1 aromatic carbocycles. The van der Waals surface area contributed by atoms with Crippen molar-refractivity contribution in [3.63, 3.8) is 0 Å². The number of benzene rings is 1. The summed E-state index contributed by atoms with van der Waals surface area (Å²) in [5, 5.41) is 4.23. The molecule has 6 heteroatoms. The maximum Gasteiger partial charge on any atom is 0.164 e. The number of fused-ring (bicyclic) bond motifs is 1. The van der Waals surface area contributed by atoms with Crippen molar-refractivity contribution in [1.82, 2.24) is 24.1 Å². The Labute approximate surface area is 120 Å². The van der Waals surface area contributed by atoms with Gasteiger partial charge in [-0.25, -0.2) is 14.5 Å². The molecule has 4 rings (SSSR count). The smallest absolute Gasteiger partial charge is 0.164 e. The SMILES string of the molecule is Nc1ccc(-c2nccn2-c2nccn3nccc23)cc1. The molecule has 0 saturated heterocycles. The van der Waals surface area contributed by atoms with E-state index in [1.54, 1.807) is 23.1 Å². The highest BCUT2D eigenvalue weighted by atomic mass is 15.2. The van der Waals surface area contributed by atoms with Crippen LogP contribution in [0.4, 0.5) is 5.69 Å². The van der Waals surface area contributed by atoms with Crippen molar-refractivity contribution in [3.8, 4) is 17.2 Å². The van der Waals surface area contributed by atoms with Crippen LogP contribution in [-0.2, 0) is 0 Å². The zero-order chi connectivity index (χ0) is 14.2. The van der Waals surface area contributed by atoms with Gasteiger partial charge in [-0.05, 0) is 30.3 Å². The minimum Gasteiger partial charge on any atom is -0.399 e. The number of aromatic nitrogens is 5. The van der Waals surface area contributed by atoms with Gasteiger partial charge in [-0.1, -0.05) is 0 Å². The largest absolute Gasteiger partial charge is 0.399 e. The fraction of sp³-hybridized carbons (Fsp3) is 0. The average Bonchev–Trinajstić information content (AvgIpc) is 3.16. The Morgan fingerprint density at radius 3 is 2.52 bits per heavy atom. The second-order valence-corrected chi connectivity index (χ2v) is 4.65. The molecule has 0 fully saturated rings. The number of hydrogen-bond donors (Lipinski definition) is 1. The third-order valence-electron chi connectivity index (χ3n) is 3.34. The molecule has 0 radical (unpaired) electrons. The number of rotatable bonds is 2. The van der Waals surface area contributed by atoms with Gasteiger partial charge in [0.05, 0.1) is 6.20 Å². The van der Waals surface area contributed by atoms with Gasteiger partial charge in [-0.15, -0.1) is 0 Å². The minimum atomic E-state index is 0.730. The number of anilines is 1. The molecule has 0 bridgehead atoms. The molecule has 0 aliphatic carbocycles. The summed E-state index contributed by atoms with van der Waals surface area (Å²) in [5.74, 6) is 1.61. The van der Waals surface area contributed by atoms with E-state index in [0.29, 0.717) is 0 Å². The Balaban J connectivity index is 1.93. The Kier molecular flexibility index (Phi) is 2.47. The van der Waals surface area contributed by atoms with Crippen LogP contribution < -0.4 is 5.73 Å². The molecule has 0 spiro atoms. The highest BCUT2D eigenvalue weighted by Gasteiger charge is 2.11. The van der Waals surface area contributed by atoms with Crippen LogP contribution in [0.2, 0.25) is 0 Å². The molecule has 6 nitrogen and oxygen atoms in total. The first-order chi connectivity index (χ1) is 10.3. The molecule has 0 aliphatic rings. The molecule has 0 amide bonds. The summed E-state index contributed by atoms with van der Waals surface area (Å²) in [4.78, 5) is 8.90. The fourth-order valence-electron chi connectivity index (χ4n) is 2.35. The quantitative estimate of drug-likeness (QED) is 0.569. The van der Waals surface area contributed by atoms with Crippen LogP contribution in [0.3, 0.4) is 0 Å². The molecule has 2 N–H and O–H groups in total. The Morgan fingerprint density at radius 2 is 1.67 bits per heavy atom. The predicted molar refractivity (Wildman–Crippen MR) is 80.0 cm³/mol. The summed E-state index contributed by atoms with van der Waals surface area (Å²) < 4.78 is 3.73. The Hall–Kier alpha value is -3.15. The van der Waals surface area contributed by atoms with Crippen LogP contribution in [0.15, 0.2) is 61.3 Å². The lowest BCUT2D eigenvalue weighted by Crippen LogP contribution is -2.02. The molecule has 102 valence electrons. The first kappa shape index (κ1) is 11.7. The van der Waals surface area contributed by atoms with E-state index in [4.69, 9.17) is 5.73 Å². The Morgan fingerprint density at radius 1 is 0.857 bits per heavy atom. The van der Waals surface area contributed by atoms with Crippen LogP contribution in [0.5, 0.6) is 0 Å². The van der Waals surface area contributed by atoms with E-state index >= 15 is 0 Å². The monoisotopic (exact) mass is 276 g/mol. The van der Waals surface area contributed by atoms with Crippen molar-refractivity contribution in [2.75, 3.05) is 5.73 Å². The second kappa shape index (κ2) is 4.45. The standard InChI is InChI=1S/C15H12N6/c16-12-3-1-11(2-4-12)14-17-7-9-20(14)15-13-5-6-19-21(13)10-8-18-15/h1-10H,16H2. The van der Waals surface area contributed by atoms with Gasteiger partial charge in [0.15, 0.2) is 5.82 Å². The number of nitrogens with two attached hydrogens (primary N) is 1. The third-order valence-corrected chi connectivity index (χ3v) is 3.34. The van der Waals surface area contributed by atoms with Crippen molar-refractivity contribution in [1.29, 1.82) is 0 Å². The summed E-state index contributed by atoms with van der Waals surface area (Å²) in [6, 6.07) is 9.55. The summed E-state index contributed by atoms with van der Waals surface area (Å²) in [6.07, 6.45) is 8.94. The van der Waals surface area contributed by atoms with E-state index in [1.807, 2.05) is 47.3 Å². The number of imidazole rings is 1. The van der Waals surface area contributed by atoms with Gasteiger partial charge in [0.25, 0.3) is 0 Å². The predicted octanol–water partition coefficient (Wildman–Crippen LogP) is 2.16. The minimum absolute atomic E-state index is 0.730. The molecular weight excluding hydrogens is 264 g/mol. The van der Waals surface area contributed by atoms with Crippen molar-refractivity contribution in [2.24, 2.45) is 0 Å². The molecule has 0 saturated carbocycles. The van der Waals surface area contributed by atoms with Gasteiger partial charge >= 0.3 is 0 Å². The zero-order valence-corrected chi connectivity index (χ0v) is 11.1. The normalized spacial score (nSPS) is 11.0. The molecule has 21 heavy (non-hydrogen) atoms. The van der Waals surface area contributed by atoms with E-state index in [-0.39, 0.29) is 0 Å². The fourth-order valence-corrected chi connectivity index (χ4v) is 2.35. The Bertz CT molecular complexity index is 903.